The second-order valence-electron chi connectivity index (χ2n) is 6.69. The number of benzene rings is 1. The van der Waals surface area contributed by atoms with Crippen molar-refractivity contribution in [1.82, 2.24) is 10.2 Å². The Morgan fingerprint density at radius 3 is 2.61 bits per heavy atom. The van der Waals surface area contributed by atoms with Gasteiger partial charge in [0.05, 0.1) is 12.0 Å². The molecule has 1 aromatic carbocycles. The highest BCUT2D eigenvalue weighted by Gasteiger charge is 2.34. The van der Waals surface area contributed by atoms with E-state index in [0.717, 1.165) is 39.1 Å². The van der Waals surface area contributed by atoms with Crippen molar-refractivity contribution in [2.24, 2.45) is 0 Å². The fourth-order valence-electron chi connectivity index (χ4n) is 2.98. The number of carbonyl (C=O) groups excluding carboxylic acids is 1. The average Bonchev–Trinajstić information content (AvgIpc) is 2.54. The van der Waals surface area contributed by atoms with Gasteiger partial charge in [-0.15, -0.1) is 0 Å². The van der Waals surface area contributed by atoms with Gasteiger partial charge in [0.1, 0.15) is 5.82 Å². The Kier molecular flexibility index (Phi) is 6.13. The number of rotatable bonds is 6. The van der Waals surface area contributed by atoms with E-state index >= 15 is 0 Å². The van der Waals surface area contributed by atoms with Gasteiger partial charge in [-0.3, -0.25) is 4.79 Å². The van der Waals surface area contributed by atoms with Crippen LogP contribution in [0.25, 0.3) is 0 Å². The van der Waals surface area contributed by atoms with E-state index in [0.29, 0.717) is 5.56 Å². The zero-order valence-electron chi connectivity index (χ0n) is 14.3. The number of hydrogen-bond donors (Lipinski definition) is 1. The number of halogens is 1. The van der Waals surface area contributed by atoms with Crippen molar-refractivity contribution in [3.8, 4) is 0 Å². The summed E-state index contributed by atoms with van der Waals surface area (Å²) in [6.07, 6.45) is 1.84. The standard InChI is InChI=1S/C18H27FN2O2/c1-18(2,15-6-4-5-7-16(15)19)17(22)20-14-8-10-21(11-9-14)12-13-23-3/h4-7,14H,8-13H2,1-3H3,(H,20,22). The van der Waals surface area contributed by atoms with E-state index in [1.54, 1.807) is 39.2 Å². The summed E-state index contributed by atoms with van der Waals surface area (Å²) in [6.45, 7) is 7.11. The van der Waals surface area contributed by atoms with Gasteiger partial charge in [0, 0.05) is 38.3 Å². The number of nitrogens with one attached hydrogen (secondary N) is 1. The van der Waals surface area contributed by atoms with Crippen LogP contribution in [0, 0.1) is 5.82 Å². The summed E-state index contributed by atoms with van der Waals surface area (Å²) in [5, 5.41) is 3.10. The molecular formula is C18H27FN2O2. The molecule has 2 rings (SSSR count). The summed E-state index contributed by atoms with van der Waals surface area (Å²) in [7, 11) is 1.71. The molecule has 0 aromatic heterocycles. The molecule has 1 N–H and O–H groups in total. The smallest absolute Gasteiger partial charge is 0.230 e. The molecule has 1 aromatic rings. The van der Waals surface area contributed by atoms with Crippen LogP contribution >= 0.6 is 0 Å². The maximum absolute atomic E-state index is 14.0. The Bertz CT molecular complexity index is 526. The van der Waals surface area contributed by atoms with Gasteiger partial charge in [-0.25, -0.2) is 4.39 Å². The van der Waals surface area contributed by atoms with Gasteiger partial charge in [-0.05, 0) is 32.8 Å². The van der Waals surface area contributed by atoms with Crippen molar-refractivity contribution in [1.29, 1.82) is 0 Å². The molecule has 0 aliphatic carbocycles. The number of amides is 1. The zero-order valence-corrected chi connectivity index (χ0v) is 14.3. The summed E-state index contributed by atoms with van der Waals surface area (Å²) in [5.74, 6) is -0.444. The minimum Gasteiger partial charge on any atom is -0.383 e. The lowest BCUT2D eigenvalue weighted by molar-refractivity contribution is -0.126. The summed E-state index contributed by atoms with van der Waals surface area (Å²) >= 11 is 0. The molecule has 1 aliphatic heterocycles. The predicted octanol–water partition coefficient (Wildman–Crippen LogP) is 2.33. The lowest BCUT2D eigenvalue weighted by Gasteiger charge is -2.34. The average molecular weight is 322 g/mol. The van der Waals surface area contributed by atoms with Crippen LogP contribution < -0.4 is 5.32 Å². The summed E-state index contributed by atoms with van der Waals surface area (Å²) in [5.41, 5.74) is -0.437. The van der Waals surface area contributed by atoms with E-state index in [2.05, 4.69) is 10.2 Å². The number of carbonyl (C=O) groups is 1. The molecule has 1 fully saturated rings. The Morgan fingerprint density at radius 1 is 1.35 bits per heavy atom. The lowest BCUT2D eigenvalue weighted by Crippen LogP contribution is -2.50. The molecular weight excluding hydrogens is 295 g/mol. The van der Waals surface area contributed by atoms with Gasteiger partial charge >= 0.3 is 0 Å². The van der Waals surface area contributed by atoms with Crippen molar-refractivity contribution in [3.05, 3.63) is 35.6 Å². The first-order valence-corrected chi connectivity index (χ1v) is 8.22. The van der Waals surface area contributed by atoms with Gasteiger partial charge in [0.15, 0.2) is 0 Å². The first kappa shape index (κ1) is 17.9. The third-order valence-corrected chi connectivity index (χ3v) is 4.65. The molecule has 1 amide bonds. The monoisotopic (exact) mass is 322 g/mol. The molecule has 1 saturated heterocycles. The van der Waals surface area contributed by atoms with Crippen LogP contribution in [-0.2, 0) is 14.9 Å². The van der Waals surface area contributed by atoms with Gasteiger partial charge in [-0.1, -0.05) is 18.2 Å². The van der Waals surface area contributed by atoms with Crippen LogP contribution in [0.2, 0.25) is 0 Å². The van der Waals surface area contributed by atoms with Crippen molar-refractivity contribution in [2.75, 3.05) is 33.4 Å². The fraction of sp³-hybridized carbons (Fsp3) is 0.611. The molecule has 0 saturated carbocycles. The number of ether oxygens (including phenoxy) is 1. The maximum atomic E-state index is 14.0. The largest absolute Gasteiger partial charge is 0.383 e. The van der Waals surface area contributed by atoms with Crippen molar-refractivity contribution < 1.29 is 13.9 Å². The molecule has 0 unspecified atom stereocenters. The quantitative estimate of drug-likeness (QED) is 0.874. The van der Waals surface area contributed by atoms with Crippen molar-refractivity contribution in [3.63, 3.8) is 0 Å². The minimum absolute atomic E-state index is 0.113. The first-order valence-electron chi connectivity index (χ1n) is 8.22. The number of hydrogen-bond acceptors (Lipinski definition) is 3. The normalized spacial score (nSPS) is 17.2. The highest BCUT2D eigenvalue weighted by Crippen LogP contribution is 2.26. The fourth-order valence-corrected chi connectivity index (χ4v) is 2.98. The highest BCUT2D eigenvalue weighted by atomic mass is 19.1. The molecule has 0 bridgehead atoms. The minimum atomic E-state index is -0.876. The SMILES string of the molecule is COCCN1CCC(NC(=O)C(C)(C)c2ccccc2F)CC1. The van der Waals surface area contributed by atoms with Crippen LogP contribution in [0.1, 0.15) is 32.3 Å². The predicted molar refractivity (Wildman–Crippen MR) is 88.9 cm³/mol. The molecule has 23 heavy (non-hydrogen) atoms. The van der Waals surface area contributed by atoms with Crippen LogP contribution in [0.15, 0.2) is 24.3 Å². The molecule has 4 nitrogen and oxygen atoms in total. The molecule has 0 spiro atoms. The number of likely N-dealkylation sites (tertiary alicyclic amines) is 1. The number of piperidine rings is 1. The third kappa shape index (κ3) is 4.52. The molecule has 0 radical (unpaired) electrons. The van der Waals surface area contributed by atoms with E-state index in [4.69, 9.17) is 4.74 Å². The molecule has 128 valence electrons. The maximum Gasteiger partial charge on any atom is 0.230 e. The second kappa shape index (κ2) is 7.88. The van der Waals surface area contributed by atoms with Crippen molar-refractivity contribution >= 4 is 5.91 Å². The van der Waals surface area contributed by atoms with Gasteiger partial charge in [-0.2, -0.15) is 0 Å². The highest BCUT2D eigenvalue weighted by molar-refractivity contribution is 5.87. The van der Waals surface area contributed by atoms with Crippen molar-refractivity contribution in [2.45, 2.75) is 38.1 Å². The topological polar surface area (TPSA) is 41.6 Å². The molecule has 1 aliphatic rings. The molecule has 1 heterocycles. The Balaban J connectivity index is 1.91. The van der Waals surface area contributed by atoms with E-state index in [1.165, 1.54) is 6.07 Å². The van der Waals surface area contributed by atoms with Crippen LogP contribution in [0.5, 0.6) is 0 Å². The molecule has 0 atom stereocenters. The van der Waals surface area contributed by atoms with Crippen LogP contribution in [0.3, 0.4) is 0 Å². The Hall–Kier alpha value is -1.46. The van der Waals surface area contributed by atoms with Gasteiger partial charge < -0.3 is 15.0 Å². The number of nitrogens with zero attached hydrogens (tertiary/aromatic N) is 1. The van der Waals surface area contributed by atoms with Gasteiger partial charge in [0.25, 0.3) is 0 Å². The third-order valence-electron chi connectivity index (χ3n) is 4.65. The van der Waals surface area contributed by atoms with Gasteiger partial charge in [0.2, 0.25) is 5.91 Å². The molecule has 5 heteroatoms. The van der Waals surface area contributed by atoms with E-state index in [1.807, 2.05) is 0 Å². The summed E-state index contributed by atoms with van der Waals surface area (Å²) in [4.78, 5) is 15.0. The lowest BCUT2D eigenvalue weighted by atomic mass is 9.83. The summed E-state index contributed by atoms with van der Waals surface area (Å²) in [6, 6.07) is 6.65. The van der Waals surface area contributed by atoms with E-state index in [-0.39, 0.29) is 17.8 Å². The van der Waals surface area contributed by atoms with Crippen LogP contribution in [-0.4, -0.2) is 50.2 Å². The Morgan fingerprint density at radius 2 is 2.00 bits per heavy atom. The summed E-state index contributed by atoms with van der Waals surface area (Å²) < 4.78 is 19.1. The van der Waals surface area contributed by atoms with E-state index < -0.39 is 5.41 Å². The number of methoxy groups -OCH3 is 1. The Labute approximate surface area is 138 Å². The zero-order chi connectivity index (χ0) is 16.9. The van der Waals surface area contributed by atoms with Crippen LogP contribution in [0.4, 0.5) is 4.39 Å². The second-order valence-corrected chi connectivity index (χ2v) is 6.69. The van der Waals surface area contributed by atoms with E-state index in [9.17, 15) is 9.18 Å². The first-order chi connectivity index (χ1) is 10.9.